The zero-order chi connectivity index (χ0) is 19.6. The van der Waals surface area contributed by atoms with Gasteiger partial charge in [0.25, 0.3) is 11.8 Å². The highest BCUT2D eigenvalue weighted by atomic mass is 79.9. The number of aryl methyl sites for hydroxylation is 1. The lowest BCUT2D eigenvalue weighted by molar-refractivity contribution is 0.0628. The number of imide groups is 1. The van der Waals surface area contributed by atoms with Crippen molar-refractivity contribution in [1.29, 1.82) is 0 Å². The molecule has 1 atom stereocenters. The first kappa shape index (κ1) is 17.1. The largest absolute Gasteiger partial charge is 0.317 e. The first-order chi connectivity index (χ1) is 13.5. The Morgan fingerprint density at radius 2 is 1.71 bits per heavy atom. The molecule has 3 aromatic rings. The highest BCUT2D eigenvalue weighted by molar-refractivity contribution is 9.10. The molecule has 0 spiro atoms. The lowest BCUT2D eigenvalue weighted by Crippen LogP contribution is -2.44. The number of rotatable bonds is 2. The van der Waals surface area contributed by atoms with Gasteiger partial charge in [-0.15, -0.1) is 0 Å². The molecule has 8 heteroatoms. The van der Waals surface area contributed by atoms with E-state index < -0.39 is 17.2 Å². The third-order valence-corrected chi connectivity index (χ3v) is 5.90. The van der Waals surface area contributed by atoms with Crippen molar-refractivity contribution in [2.24, 2.45) is 0 Å². The number of nitrogens with zero attached hydrogens (tertiary/aromatic N) is 2. The minimum Gasteiger partial charge on any atom is -0.316 e. The summed E-state index contributed by atoms with van der Waals surface area (Å²) >= 11 is 3.43. The number of hydrogen-bond donors (Lipinski definition) is 1. The standard InChI is InChI=1S/C20H14BrN3O4/c21-11-7-10-5-6-12(24-16(10)15(8-11)22-17(25)20(24)28)9-23-18(26)13-3-1-2-4-14(13)19(23)27/h1-4,7-8,12H,5-6,9H2,(H,22,25). The Hall–Kier alpha value is -3.00. The molecule has 5 rings (SSSR count). The summed E-state index contributed by atoms with van der Waals surface area (Å²) in [6.07, 6.45) is 1.23. The Labute approximate surface area is 166 Å². The maximum atomic E-state index is 12.7. The summed E-state index contributed by atoms with van der Waals surface area (Å²) in [6.45, 7) is 0.0559. The van der Waals surface area contributed by atoms with Crippen LogP contribution in [0.15, 0.2) is 50.5 Å². The molecule has 2 aliphatic heterocycles. The number of H-pyrrole nitrogens is 1. The number of aromatic nitrogens is 2. The second-order valence-corrected chi connectivity index (χ2v) is 7.97. The maximum Gasteiger partial charge on any atom is 0.317 e. The summed E-state index contributed by atoms with van der Waals surface area (Å²) in [6, 6.07) is 9.91. The highest BCUT2D eigenvalue weighted by Gasteiger charge is 2.38. The third-order valence-electron chi connectivity index (χ3n) is 5.44. The summed E-state index contributed by atoms with van der Waals surface area (Å²) in [5, 5.41) is 0. The van der Waals surface area contributed by atoms with E-state index in [2.05, 4.69) is 20.9 Å². The SMILES string of the molecule is O=C1c2ccccc2C(=O)N1CC1CCc2cc(Br)cc3[nH]c(=O)c(=O)n1c23. The van der Waals surface area contributed by atoms with Crippen LogP contribution < -0.4 is 11.1 Å². The van der Waals surface area contributed by atoms with E-state index in [1.54, 1.807) is 30.3 Å². The minimum absolute atomic E-state index is 0.0559. The molecule has 2 aromatic carbocycles. The topological polar surface area (TPSA) is 92.2 Å². The van der Waals surface area contributed by atoms with Crippen LogP contribution in [0.4, 0.5) is 0 Å². The molecule has 0 bridgehead atoms. The van der Waals surface area contributed by atoms with Crippen LogP contribution in [0.5, 0.6) is 0 Å². The fraction of sp³-hybridized carbons (Fsp3) is 0.200. The maximum absolute atomic E-state index is 12.7. The van der Waals surface area contributed by atoms with Crippen LogP contribution in [-0.2, 0) is 6.42 Å². The Balaban J connectivity index is 1.63. The zero-order valence-corrected chi connectivity index (χ0v) is 16.2. The molecule has 2 amide bonds. The van der Waals surface area contributed by atoms with Gasteiger partial charge in [0.15, 0.2) is 0 Å². The Bertz CT molecular complexity index is 1270. The molecule has 0 fully saturated rings. The van der Waals surface area contributed by atoms with Crippen molar-refractivity contribution in [3.05, 3.63) is 78.3 Å². The predicted octanol–water partition coefficient (Wildman–Crippen LogP) is 2.24. The molecular weight excluding hydrogens is 426 g/mol. The van der Waals surface area contributed by atoms with Gasteiger partial charge in [0.2, 0.25) is 0 Å². The van der Waals surface area contributed by atoms with Gasteiger partial charge in [0, 0.05) is 4.47 Å². The van der Waals surface area contributed by atoms with Crippen molar-refractivity contribution in [1.82, 2.24) is 14.5 Å². The average molecular weight is 440 g/mol. The van der Waals surface area contributed by atoms with E-state index in [1.165, 1.54) is 9.47 Å². The van der Waals surface area contributed by atoms with Crippen LogP contribution in [0.2, 0.25) is 0 Å². The first-order valence-corrected chi connectivity index (χ1v) is 9.67. The summed E-state index contributed by atoms with van der Waals surface area (Å²) in [7, 11) is 0. The zero-order valence-electron chi connectivity index (χ0n) is 14.6. The van der Waals surface area contributed by atoms with Gasteiger partial charge in [-0.2, -0.15) is 0 Å². The van der Waals surface area contributed by atoms with Crippen LogP contribution in [0.3, 0.4) is 0 Å². The highest BCUT2D eigenvalue weighted by Crippen LogP contribution is 2.32. The van der Waals surface area contributed by atoms with Crippen molar-refractivity contribution in [2.75, 3.05) is 6.54 Å². The fourth-order valence-electron chi connectivity index (χ4n) is 4.20. The molecule has 2 aliphatic rings. The molecule has 1 aromatic heterocycles. The van der Waals surface area contributed by atoms with E-state index in [-0.39, 0.29) is 18.4 Å². The van der Waals surface area contributed by atoms with Crippen molar-refractivity contribution < 1.29 is 9.59 Å². The smallest absolute Gasteiger partial charge is 0.316 e. The van der Waals surface area contributed by atoms with E-state index >= 15 is 0 Å². The number of amides is 2. The monoisotopic (exact) mass is 439 g/mol. The Morgan fingerprint density at radius 1 is 1.04 bits per heavy atom. The van der Waals surface area contributed by atoms with Gasteiger partial charge in [-0.05, 0) is 42.7 Å². The van der Waals surface area contributed by atoms with E-state index in [9.17, 15) is 19.2 Å². The summed E-state index contributed by atoms with van der Waals surface area (Å²) in [4.78, 5) is 54.1. The van der Waals surface area contributed by atoms with Crippen molar-refractivity contribution >= 4 is 38.8 Å². The molecule has 140 valence electrons. The quantitative estimate of drug-likeness (QED) is 0.489. The molecule has 1 unspecified atom stereocenters. The lowest BCUT2D eigenvalue weighted by Gasteiger charge is -2.30. The van der Waals surface area contributed by atoms with Gasteiger partial charge in [0.05, 0.1) is 34.7 Å². The number of aromatic amines is 1. The molecular formula is C20H14BrN3O4. The summed E-state index contributed by atoms with van der Waals surface area (Å²) in [5.41, 5.74) is 1.51. The second kappa shape index (κ2) is 6.00. The van der Waals surface area contributed by atoms with Gasteiger partial charge < -0.3 is 4.98 Å². The number of fused-ring (bicyclic) bond motifs is 1. The lowest BCUT2D eigenvalue weighted by atomic mass is 9.97. The van der Waals surface area contributed by atoms with Gasteiger partial charge >= 0.3 is 11.1 Å². The summed E-state index contributed by atoms with van der Waals surface area (Å²) in [5.74, 6) is -0.729. The van der Waals surface area contributed by atoms with Crippen LogP contribution in [0, 0.1) is 0 Å². The van der Waals surface area contributed by atoms with Gasteiger partial charge in [0.1, 0.15) is 0 Å². The normalized spacial score (nSPS) is 18.0. The number of nitrogens with one attached hydrogen (secondary N) is 1. The number of halogens is 1. The van der Waals surface area contributed by atoms with E-state index in [0.717, 1.165) is 10.0 Å². The fourth-order valence-corrected chi connectivity index (χ4v) is 4.71. The molecule has 7 nitrogen and oxygen atoms in total. The molecule has 0 saturated carbocycles. The minimum atomic E-state index is -0.717. The molecule has 0 radical (unpaired) electrons. The Morgan fingerprint density at radius 3 is 2.39 bits per heavy atom. The number of benzene rings is 2. The number of hydrogen-bond acceptors (Lipinski definition) is 4. The van der Waals surface area contributed by atoms with Crippen LogP contribution >= 0.6 is 15.9 Å². The van der Waals surface area contributed by atoms with Crippen molar-refractivity contribution in [3.8, 4) is 0 Å². The first-order valence-electron chi connectivity index (χ1n) is 8.88. The van der Waals surface area contributed by atoms with Gasteiger partial charge in [-0.3, -0.25) is 28.6 Å². The van der Waals surface area contributed by atoms with Crippen LogP contribution in [0.1, 0.15) is 38.7 Å². The second-order valence-electron chi connectivity index (χ2n) is 7.05. The van der Waals surface area contributed by atoms with Crippen LogP contribution in [0.25, 0.3) is 11.0 Å². The van der Waals surface area contributed by atoms with Crippen LogP contribution in [-0.4, -0.2) is 32.8 Å². The average Bonchev–Trinajstić information content (AvgIpc) is 2.92. The third kappa shape index (κ3) is 2.34. The Kier molecular flexibility index (Phi) is 3.67. The summed E-state index contributed by atoms with van der Waals surface area (Å²) < 4.78 is 2.26. The number of carbonyl (C=O) groups excluding carboxylic acids is 2. The molecule has 0 aliphatic carbocycles. The van der Waals surface area contributed by atoms with E-state index in [1.807, 2.05) is 6.07 Å². The van der Waals surface area contributed by atoms with Gasteiger partial charge in [-0.1, -0.05) is 28.1 Å². The molecule has 0 saturated heterocycles. The molecule has 3 heterocycles. The van der Waals surface area contributed by atoms with E-state index in [0.29, 0.717) is 35.0 Å². The molecule has 1 N–H and O–H groups in total. The van der Waals surface area contributed by atoms with Gasteiger partial charge in [-0.25, -0.2) is 0 Å². The van der Waals surface area contributed by atoms with E-state index in [4.69, 9.17) is 0 Å². The number of carbonyl (C=O) groups is 2. The van der Waals surface area contributed by atoms with Crippen molar-refractivity contribution in [3.63, 3.8) is 0 Å². The molecule has 28 heavy (non-hydrogen) atoms. The van der Waals surface area contributed by atoms with Crippen molar-refractivity contribution in [2.45, 2.75) is 18.9 Å². The predicted molar refractivity (Wildman–Crippen MR) is 106 cm³/mol.